The number of pyridine rings is 1. The molecule has 8 heteroatoms. The first-order valence-corrected chi connectivity index (χ1v) is 11.6. The molecule has 3 aromatic rings. The van der Waals surface area contributed by atoms with E-state index in [4.69, 9.17) is 4.74 Å². The molecule has 2 atom stereocenters. The maximum Gasteiger partial charge on any atom is 0.417 e. The second-order valence-corrected chi connectivity index (χ2v) is 8.90. The molecule has 2 aromatic carbocycles. The van der Waals surface area contributed by atoms with Crippen molar-refractivity contribution in [3.05, 3.63) is 72.1 Å². The SMILES string of the molecule is CCOc1ccccc1Sc1c(-c2ccnc(C3CNC(CO)C3)c2)cccc1C(F)(F)F. The van der Waals surface area contributed by atoms with Crippen LogP contribution in [0.4, 0.5) is 13.2 Å². The van der Waals surface area contributed by atoms with Gasteiger partial charge in [0.25, 0.3) is 0 Å². The van der Waals surface area contributed by atoms with E-state index < -0.39 is 11.7 Å². The molecule has 0 amide bonds. The first-order chi connectivity index (χ1) is 15.9. The van der Waals surface area contributed by atoms with Crippen LogP contribution in [-0.2, 0) is 6.18 Å². The Labute approximate surface area is 195 Å². The molecule has 0 radical (unpaired) electrons. The third-order valence-corrected chi connectivity index (χ3v) is 6.84. The number of hydrogen-bond donors (Lipinski definition) is 2. The number of alkyl halides is 3. The van der Waals surface area contributed by atoms with Crippen molar-refractivity contribution in [1.82, 2.24) is 10.3 Å². The zero-order valence-electron chi connectivity index (χ0n) is 18.1. The van der Waals surface area contributed by atoms with E-state index in [9.17, 15) is 18.3 Å². The summed E-state index contributed by atoms with van der Waals surface area (Å²) in [5.41, 5.74) is 1.29. The number of nitrogens with zero attached hydrogens (tertiary/aromatic N) is 1. The Bertz CT molecular complexity index is 1110. The molecule has 1 aromatic heterocycles. The highest BCUT2D eigenvalue weighted by atomic mass is 32.2. The molecule has 4 nitrogen and oxygen atoms in total. The summed E-state index contributed by atoms with van der Waals surface area (Å²) in [5.74, 6) is 0.651. The zero-order valence-corrected chi connectivity index (χ0v) is 18.9. The molecule has 2 N–H and O–H groups in total. The monoisotopic (exact) mass is 474 g/mol. The molecule has 2 heterocycles. The summed E-state index contributed by atoms with van der Waals surface area (Å²) in [6, 6.07) is 15.0. The molecule has 0 bridgehead atoms. The average molecular weight is 475 g/mol. The molecular formula is C25H25F3N2O2S. The van der Waals surface area contributed by atoms with Crippen molar-refractivity contribution in [2.75, 3.05) is 19.8 Å². The van der Waals surface area contributed by atoms with Gasteiger partial charge in [0.05, 0.1) is 23.7 Å². The Hall–Kier alpha value is -2.55. The largest absolute Gasteiger partial charge is 0.493 e. The van der Waals surface area contributed by atoms with Gasteiger partial charge in [-0.05, 0) is 54.8 Å². The van der Waals surface area contributed by atoms with E-state index in [2.05, 4.69) is 10.3 Å². The Kier molecular flexibility index (Phi) is 7.26. The highest BCUT2D eigenvalue weighted by molar-refractivity contribution is 7.99. The van der Waals surface area contributed by atoms with E-state index in [1.807, 2.05) is 13.0 Å². The summed E-state index contributed by atoms with van der Waals surface area (Å²) in [5, 5.41) is 12.7. The predicted octanol–water partition coefficient (Wildman–Crippen LogP) is 5.76. The number of benzene rings is 2. The number of halogens is 3. The second-order valence-electron chi connectivity index (χ2n) is 7.85. The number of para-hydroxylation sites is 1. The van der Waals surface area contributed by atoms with Gasteiger partial charge in [0.1, 0.15) is 5.75 Å². The van der Waals surface area contributed by atoms with Crippen LogP contribution in [0.5, 0.6) is 5.75 Å². The lowest BCUT2D eigenvalue weighted by atomic mass is 9.97. The van der Waals surface area contributed by atoms with Crippen LogP contribution in [0.1, 0.15) is 30.5 Å². The third-order valence-electron chi connectivity index (χ3n) is 5.63. The van der Waals surface area contributed by atoms with Gasteiger partial charge >= 0.3 is 6.18 Å². The Balaban J connectivity index is 1.78. The van der Waals surface area contributed by atoms with Gasteiger partial charge < -0.3 is 15.2 Å². The summed E-state index contributed by atoms with van der Waals surface area (Å²) < 4.78 is 47.7. The minimum Gasteiger partial charge on any atom is -0.493 e. The smallest absolute Gasteiger partial charge is 0.417 e. The fraction of sp³-hybridized carbons (Fsp3) is 0.320. The molecule has 174 valence electrons. The molecule has 33 heavy (non-hydrogen) atoms. The zero-order chi connectivity index (χ0) is 23.4. The summed E-state index contributed by atoms with van der Waals surface area (Å²) >= 11 is 1.06. The van der Waals surface area contributed by atoms with Crippen LogP contribution in [0.25, 0.3) is 11.1 Å². The maximum atomic E-state index is 14.0. The molecule has 1 aliphatic rings. The van der Waals surface area contributed by atoms with Crippen molar-refractivity contribution >= 4 is 11.8 Å². The number of ether oxygens (including phenoxy) is 1. The van der Waals surface area contributed by atoms with Gasteiger partial charge in [-0.25, -0.2) is 0 Å². The van der Waals surface area contributed by atoms with Crippen molar-refractivity contribution in [3.63, 3.8) is 0 Å². The molecule has 1 fully saturated rings. The minimum absolute atomic E-state index is 0.00944. The Morgan fingerprint density at radius 2 is 1.97 bits per heavy atom. The van der Waals surface area contributed by atoms with Gasteiger partial charge in [-0.15, -0.1) is 0 Å². The Morgan fingerprint density at radius 1 is 1.15 bits per heavy atom. The van der Waals surface area contributed by atoms with Crippen molar-refractivity contribution < 1.29 is 23.0 Å². The van der Waals surface area contributed by atoms with Crippen molar-refractivity contribution in [1.29, 1.82) is 0 Å². The highest BCUT2D eigenvalue weighted by Crippen LogP contribution is 2.46. The van der Waals surface area contributed by atoms with E-state index >= 15 is 0 Å². The van der Waals surface area contributed by atoms with Gasteiger partial charge in [0.15, 0.2) is 0 Å². The number of aliphatic hydroxyl groups excluding tert-OH is 1. The van der Waals surface area contributed by atoms with Gasteiger partial charge in [0, 0.05) is 35.3 Å². The van der Waals surface area contributed by atoms with E-state index in [0.29, 0.717) is 34.9 Å². The van der Waals surface area contributed by atoms with E-state index in [-0.39, 0.29) is 23.5 Å². The van der Waals surface area contributed by atoms with Crippen LogP contribution < -0.4 is 10.1 Å². The van der Waals surface area contributed by atoms with Gasteiger partial charge in [-0.1, -0.05) is 36.0 Å². The van der Waals surface area contributed by atoms with Crippen LogP contribution in [0.3, 0.4) is 0 Å². The molecule has 0 spiro atoms. The molecule has 1 aliphatic heterocycles. The molecular weight excluding hydrogens is 449 g/mol. The van der Waals surface area contributed by atoms with E-state index in [0.717, 1.165) is 29.9 Å². The number of aliphatic hydroxyl groups is 1. The summed E-state index contributed by atoms with van der Waals surface area (Å²) in [6.07, 6.45) is -2.13. The maximum absolute atomic E-state index is 14.0. The van der Waals surface area contributed by atoms with Crippen LogP contribution in [0.2, 0.25) is 0 Å². The van der Waals surface area contributed by atoms with Gasteiger partial charge in [0.2, 0.25) is 0 Å². The quantitative estimate of drug-likeness (QED) is 0.456. The molecule has 0 aliphatic carbocycles. The number of nitrogens with one attached hydrogen (secondary N) is 1. The first-order valence-electron chi connectivity index (χ1n) is 10.8. The summed E-state index contributed by atoms with van der Waals surface area (Å²) in [6.45, 7) is 2.98. The van der Waals surface area contributed by atoms with Crippen molar-refractivity contribution in [2.45, 2.75) is 41.3 Å². The lowest BCUT2D eigenvalue weighted by Crippen LogP contribution is -2.24. The number of hydrogen-bond acceptors (Lipinski definition) is 5. The molecule has 4 rings (SSSR count). The lowest BCUT2D eigenvalue weighted by molar-refractivity contribution is -0.139. The third kappa shape index (κ3) is 5.34. The standard InChI is InChI=1S/C25H25F3N2O2S/c1-2-32-22-8-3-4-9-23(22)33-24-19(6-5-7-20(24)25(26,27)28)16-10-11-29-21(13-16)17-12-18(15-31)30-14-17/h3-11,13,17-18,30-31H,2,12,14-15H2,1H3. The summed E-state index contributed by atoms with van der Waals surface area (Å²) in [4.78, 5) is 5.22. The molecule has 1 saturated heterocycles. The van der Waals surface area contributed by atoms with Crippen molar-refractivity contribution in [3.8, 4) is 16.9 Å². The number of aromatic nitrogens is 1. The molecule has 2 unspecified atom stereocenters. The average Bonchev–Trinajstić information content (AvgIpc) is 3.29. The Morgan fingerprint density at radius 3 is 2.70 bits per heavy atom. The summed E-state index contributed by atoms with van der Waals surface area (Å²) in [7, 11) is 0. The fourth-order valence-electron chi connectivity index (χ4n) is 4.04. The van der Waals surface area contributed by atoms with Crippen LogP contribution in [0, 0.1) is 0 Å². The molecule has 0 saturated carbocycles. The van der Waals surface area contributed by atoms with Crippen LogP contribution in [-0.4, -0.2) is 35.9 Å². The van der Waals surface area contributed by atoms with Gasteiger partial charge in [-0.2, -0.15) is 13.2 Å². The van der Waals surface area contributed by atoms with Crippen molar-refractivity contribution in [2.24, 2.45) is 0 Å². The normalized spacial score (nSPS) is 18.5. The minimum atomic E-state index is -4.50. The first kappa shape index (κ1) is 23.6. The van der Waals surface area contributed by atoms with Gasteiger partial charge in [-0.3, -0.25) is 4.98 Å². The highest BCUT2D eigenvalue weighted by Gasteiger charge is 2.35. The lowest BCUT2D eigenvalue weighted by Gasteiger charge is -2.19. The topological polar surface area (TPSA) is 54.4 Å². The van der Waals surface area contributed by atoms with E-state index in [1.54, 1.807) is 42.6 Å². The second kappa shape index (κ2) is 10.2. The number of rotatable bonds is 7. The van der Waals surface area contributed by atoms with Crippen LogP contribution in [0.15, 0.2) is 70.6 Å². The van der Waals surface area contributed by atoms with E-state index in [1.165, 1.54) is 6.07 Å². The predicted molar refractivity (Wildman–Crippen MR) is 123 cm³/mol. The fourth-order valence-corrected chi connectivity index (χ4v) is 5.22. The van der Waals surface area contributed by atoms with Crippen LogP contribution >= 0.6 is 11.8 Å².